The van der Waals surface area contributed by atoms with Crippen LogP contribution in [-0.4, -0.2) is 22.6 Å². The van der Waals surface area contributed by atoms with Crippen LogP contribution in [0.15, 0.2) is 18.2 Å². The van der Waals surface area contributed by atoms with Crippen molar-refractivity contribution in [2.75, 3.05) is 11.9 Å². The average Bonchev–Trinajstić information content (AvgIpc) is 2.34. The van der Waals surface area contributed by atoms with Gasteiger partial charge in [-0.3, -0.25) is 0 Å². The molecule has 0 radical (unpaired) electrons. The van der Waals surface area contributed by atoms with Gasteiger partial charge in [-0.05, 0) is 75.5 Å². The maximum absolute atomic E-state index is 5.52. The number of piperidine rings is 1. The zero-order valence-electron chi connectivity index (χ0n) is 11.5. The van der Waals surface area contributed by atoms with Crippen LogP contribution >= 0.6 is 12.2 Å². The molecule has 0 amide bonds. The van der Waals surface area contributed by atoms with Crippen molar-refractivity contribution >= 4 is 23.0 Å². The van der Waals surface area contributed by atoms with Crippen molar-refractivity contribution in [2.24, 2.45) is 0 Å². The molecular weight excluding hydrogens is 240 g/mol. The van der Waals surface area contributed by atoms with Crippen molar-refractivity contribution < 1.29 is 0 Å². The third kappa shape index (κ3) is 3.02. The summed E-state index contributed by atoms with van der Waals surface area (Å²) in [5.74, 6) is 0. The summed E-state index contributed by atoms with van der Waals surface area (Å²) in [4.78, 5) is 2.31. The van der Waals surface area contributed by atoms with Gasteiger partial charge < -0.3 is 10.2 Å². The van der Waals surface area contributed by atoms with E-state index in [1.54, 1.807) is 0 Å². The Bertz CT molecular complexity index is 442. The maximum Gasteiger partial charge on any atom is 0.173 e. The fourth-order valence-corrected chi connectivity index (χ4v) is 2.80. The van der Waals surface area contributed by atoms with Gasteiger partial charge in [0.05, 0.1) is 0 Å². The molecule has 1 aromatic rings. The number of nitrogens with zero attached hydrogens (tertiary/aromatic N) is 1. The molecule has 18 heavy (non-hydrogen) atoms. The minimum Gasteiger partial charge on any atom is -0.346 e. The Balaban J connectivity index is 2.04. The standard InChI is InChI=1S/C15H22N2S/c1-11-7-8-14(10-12(11)2)16-15(18)17-9-5-4-6-13(17)3/h7-8,10,13H,4-6,9H2,1-3H3,(H,16,18)/t13-/m1/s1. The van der Waals surface area contributed by atoms with Gasteiger partial charge >= 0.3 is 0 Å². The molecule has 1 N–H and O–H groups in total. The summed E-state index contributed by atoms with van der Waals surface area (Å²) in [6.07, 6.45) is 3.82. The van der Waals surface area contributed by atoms with Crippen LogP contribution < -0.4 is 5.32 Å². The normalized spacial score (nSPS) is 19.7. The van der Waals surface area contributed by atoms with Crippen molar-refractivity contribution in [3.05, 3.63) is 29.3 Å². The van der Waals surface area contributed by atoms with E-state index in [0.717, 1.165) is 17.3 Å². The SMILES string of the molecule is Cc1ccc(NC(=S)N2CCCC[C@H]2C)cc1C. The number of hydrogen-bond acceptors (Lipinski definition) is 1. The van der Waals surface area contributed by atoms with Crippen LogP contribution in [0.25, 0.3) is 0 Å². The van der Waals surface area contributed by atoms with Gasteiger partial charge in [0.2, 0.25) is 0 Å². The van der Waals surface area contributed by atoms with E-state index < -0.39 is 0 Å². The molecule has 0 aromatic heterocycles. The topological polar surface area (TPSA) is 15.3 Å². The highest BCUT2D eigenvalue weighted by atomic mass is 32.1. The minimum atomic E-state index is 0.560. The summed E-state index contributed by atoms with van der Waals surface area (Å²) in [5, 5.41) is 4.23. The number of hydrogen-bond donors (Lipinski definition) is 1. The molecule has 98 valence electrons. The Morgan fingerprint density at radius 1 is 1.28 bits per heavy atom. The van der Waals surface area contributed by atoms with Crippen molar-refractivity contribution in [1.82, 2.24) is 4.90 Å². The Hall–Kier alpha value is -1.09. The first-order valence-electron chi connectivity index (χ1n) is 6.73. The van der Waals surface area contributed by atoms with Gasteiger partial charge in [-0.1, -0.05) is 6.07 Å². The van der Waals surface area contributed by atoms with E-state index in [0.29, 0.717) is 6.04 Å². The number of rotatable bonds is 1. The quantitative estimate of drug-likeness (QED) is 0.773. The first-order chi connectivity index (χ1) is 8.58. The smallest absolute Gasteiger partial charge is 0.173 e. The van der Waals surface area contributed by atoms with Crippen molar-refractivity contribution in [3.8, 4) is 0 Å². The highest BCUT2D eigenvalue weighted by Gasteiger charge is 2.20. The molecule has 2 nitrogen and oxygen atoms in total. The molecule has 1 atom stereocenters. The minimum absolute atomic E-state index is 0.560. The van der Waals surface area contributed by atoms with E-state index in [2.05, 4.69) is 49.2 Å². The Kier molecular flexibility index (Phi) is 4.23. The molecular formula is C15H22N2S. The molecule has 1 aromatic carbocycles. The van der Waals surface area contributed by atoms with Crippen molar-refractivity contribution in [2.45, 2.75) is 46.1 Å². The fourth-order valence-electron chi connectivity index (χ4n) is 2.41. The summed E-state index contributed by atoms with van der Waals surface area (Å²) in [5.41, 5.74) is 3.72. The van der Waals surface area contributed by atoms with Crippen LogP contribution in [0.4, 0.5) is 5.69 Å². The lowest BCUT2D eigenvalue weighted by Gasteiger charge is -2.35. The summed E-state index contributed by atoms with van der Waals surface area (Å²) < 4.78 is 0. The molecule has 0 saturated carbocycles. The van der Waals surface area contributed by atoms with Gasteiger partial charge in [0.1, 0.15) is 0 Å². The van der Waals surface area contributed by atoms with Gasteiger partial charge in [-0.2, -0.15) is 0 Å². The second-order valence-electron chi connectivity index (χ2n) is 5.27. The lowest BCUT2D eigenvalue weighted by Crippen LogP contribution is -2.44. The lowest BCUT2D eigenvalue weighted by molar-refractivity contribution is 0.262. The Morgan fingerprint density at radius 3 is 2.72 bits per heavy atom. The number of anilines is 1. The van der Waals surface area contributed by atoms with Crippen LogP contribution in [0.5, 0.6) is 0 Å². The third-order valence-electron chi connectivity index (χ3n) is 3.82. The first kappa shape index (κ1) is 13.3. The molecule has 0 spiro atoms. The number of thiocarbonyl (C=S) groups is 1. The highest BCUT2D eigenvalue weighted by Crippen LogP contribution is 2.19. The van der Waals surface area contributed by atoms with Crippen LogP contribution in [0.1, 0.15) is 37.3 Å². The number of aryl methyl sites for hydroxylation is 2. The zero-order chi connectivity index (χ0) is 13.1. The molecule has 0 aliphatic carbocycles. The third-order valence-corrected chi connectivity index (χ3v) is 4.16. The molecule has 1 aliphatic heterocycles. The molecule has 3 heteroatoms. The van der Waals surface area contributed by atoms with Gasteiger partial charge in [0.25, 0.3) is 0 Å². The van der Waals surface area contributed by atoms with Crippen molar-refractivity contribution in [3.63, 3.8) is 0 Å². The van der Waals surface area contributed by atoms with Gasteiger partial charge in [-0.25, -0.2) is 0 Å². The summed E-state index contributed by atoms with van der Waals surface area (Å²) in [7, 11) is 0. The average molecular weight is 262 g/mol. The number of nitrogens with one attached hydrogen (secondary N) is 1. The molecule has 0 unspecified atom stereocenters. The fraction of sp³-hybridized carbons (Fsp3) is 0.533. The van der Waals surface area contributed by atoms with Gasteiger partial charge in [0, 0.05) is 18.3 Å². The largest absolute Gasteiger partial charge is 0.346 e. The van der Waals surface area contributed by atoms with Crippen LogP contribution in [-0.2, 0) is 0 Å². The van der Waals surface area contributed by atoms with Crippen LogP contribution in [0.2, 0.25) is 0 Å². The summed E-state index contributed by atoms with van der Waals surface area (Å²) in [6, 6.07) is 6.96. The second-order valence-corrected chi connectivity index (χ2v) is 5.65. The lowest BCUT2D eigenvalue weighted by atomic mass is 10.0. The van der Waals surface area contributed by atoms with Gasteiger partial charge in [0.15, 0.2) is 5.11 Å². The molecule has 0 bridgehead atoms. The number of benzene rings is 1. The predicted octanol–water partition coefficient (Wildman–Crippen LogP) is 3.87. The Morgan fingerprint density at radius 2 is 2.06 bits per heavy atom. The first-order valence-corrected chi connectivity index (χ1v) is 7.13. The monoisotopic (exact) mass is 262 g/mol. The van der Waals surface area contributed by atoms with E-state index in [-0.39, 0.29) is 0 Å². The molecule has 1 heterocycles. The maximum atomic E-state index is 5.52. The second kappa shape index (κ2) is 5.70. The van der Waals surface area contributed by atoms with Gasteiger partial charge in [-0.15, -0.1) is 0 Å². The van der Waals surface area contributed by atoms with E-state index in [1.165, 1.54) is 30.4 Å². The summed E-state index contributed by atoms with van der Waals surface area (Å²) >= 11 is 5.52. The van der Waals surface area contributed by atoms with Crippen molar-refractivity contribution in [1.29, 1.82) is 0 Å². The van der Waals surface area contributed by atoms with Crippen LogP contribution in [0, 0.1) is 13.8 Å². The molecule has 1 saturated heterocycles. The Labute approximate surface area is 115 Å². The zero-order valence-corrected chi connectivity index (χ0v) is 12.3. The molecule has 2 rings (SSSR count). The molecule has 1 aliphatic rings. The number of likely N-dealkylation sites (tertiary alicyclic amines) is 1. The highest BCUT2D eigenvalue weighted by molar-refractivity contribution is 7.80. The molecule has 1 fully saturated rings. The predicted molar refractivity (Wildman–Crippen MR) is 82.2 cm³/mol. The van der Waals surface area contributed by atoms with E-state index >= 15 is 0 Å². The van der Waals surface area contributed by atoms with E-state index in [1.807, 2.05) is 0 Å². The summed E-state index contributed by atoms with van der Waals surface area (Å²) in [6.45, 7) is 7.60. The van der Waals surface area contributed by atoms with E-state index in [4.69, 9.17) is 12.2 Å². The van der Waals surface area contributed by atoms with E-state index in [9.17, 15) is 0 Å². The van der Waals surface area contributed by atoms with Crippen LogP contribution in [0.3, 0.4) is 0 Å².